The summed E-state index contributed by atoms with van der Waals surface area (Å²) in [5, 5.41) is 0. The zero-order valence-corrected chi connectivity index (χ0v) is 21.8. The van der Waals surface area contributed by atoms with E-state index in [1.54, 1.807) is 13.2 Å². The lowest BCUT2D eigenvalue weighted by Crippen LogP contribution is -2.45. The highest BCUT2D eigenvalue weighted by atomic mass is 16.5. The maximum absolute atomic E-state index is 13.5. The molecule has 2 amide bonds. The number of piperidine rings is 1. The molecule has 2 aromatic rings. The van der Waals surface area contributed by atoms with Gasteiger partial charge < -0.3 is 24.0 Å². The van der Waals surface area contributed by atoms with Crippen LogP contribution in [-0.2, 0) is 4.74 Å². The van der Waals surface area contributed by atoms with Gasteiger partial charge in [0.05, 0.1) is 31.9 Å². The van der Waals surface area contributed by atoms with Crippen molar-refractivity contribution in [1.29, 1.82) is 0 Å². The Balaban J connectivity index is 1.31. The van der Waals surface area contributed by atoms with Gasteiger partial charge in [-0.2, -0.15) is 0 Å². The van der Waals surface area contributed by atoms with Crippen LogP contribution in [0.3, 0.4) is 0 Å². The summed E-state index contributed by atoms with van der Waals surface area (Å²) in [6.07, 6.45) is 6.80. The number of carbonyl (C=O) groups is 2. The Labute approximate surface area is 219 Å². The average molecular weight is 507 g/mol. The zero-order chi connectivity index (χ0) is 25.7. The van der Waals surface area contributed by atoms with Crippen molar-refractivity contribution in [3.05, 3.63) is 59.7 Å². The van der Waals surface area contributed by atoms with E-state index >= 15 is 0 Å². The first-order valence-corrected chi connectivity index (χ1v) is 13.6. The quantitative estimate of drug-likeness (QED) is 0.585. The minimum atomic E-state index is -0.0401. The molecule has 198 valence electrons. The Kier molecular flexibility index (Phi) is 7.99. The molecule has 3 aliphatic rings. The highest BCUT2D eigenvalue weighted by Gasteiger charge is 2.38. The van der Waals surface area contributed by atoms with Crippen molar-refractivity contribution in [2.75, 3.05) is 46.6 Å². The van der Waals surface area contributed by atoms with Crippen LogP contribution in [0.25, 0.3) is 0 Å². The van der Waals surface area contributed by atoms with Gasteiger partial charge in [0.2, 0.25) is 0 Å². The van der Waals surface area contributed by atoms with E-state index in [0.717, 1.165) is 51.5 Å². The molecule has 5 rings (SSSR count). The van der Waals surface area contributed by atoms with Gasteiger partial charge in [-0.25, -0.2) is 0 Å². The Hall–Kier alpha value is -3.06. The van der Waals surface area contributed by atoms with Crippen LogP contribution in [0, 0.1) is 5.41 Å². The van der Waals surface area contributed by atoms with Gasteiger partial charge in [-0.05, 0) is 68.9 Å². The number of benzene rings is 2. The molecule has 0 aliphatic carbocycles. The Morgan fingerprint density at radius 1 is 1.00 bits per heavy atom. The molecule has 0 unspecified atom stereocenters. The number of carbonyl (C=O) groups excluding carboxylic acids is 2. The molecule has 0 bridgehead atoms. The molecule has 1 atom stereocenters. The summed E-state index contributed by atoms with van der Waals surface area (Å²) in [5.41, 5.74) is 1.25. The third kappa shape index (κ3) is 5.77. The first kappa shape index (κ1) is 25.6. The maximum atomic E-state index is 13.5. The maximum Gasteiger partial charge on any atom is 0.257 e. The second kappa shape index (κ2) is 11.5. The summed E-state index contributed by atoms with van der Waals surface area (Å²) in [4.78, 5) is 30.6. The molecule has 7 heteroatoms. The number of para-hydroxylation sites is 1. The molecule has 1 spiro atoms. The number of ether oxygens (including phenoxy) is 3. The van der Waals surface area contributed by atoms with Crippen LogP contribution in [0.1, 0.15) is 65.7 Å². The number of likely N-dealkylation sites (tertiary alicyclic amines) is 1. The fraction of sp³-hybridized carbons (Fsp3) is 0.533. The van der Waals surface area contributed by atoms with Gasteiger partial charge in [-0.15, -0.1) is 0 Å². The van der Waals surface area contributed by atoms with E-state index in [2.05, 4.69) is 0 Å². The lowest BCUT2D eigenvalue weighted by Gasteiger charge is -2.42. The van der Waals surface area contributed by atoms with E-state index in [1.807, 2.05) is 52.3 Å². The van der Waals surface area contributed by atoms with Crippen molar-refractivity contribution in [2.24, 2.45) is 5.41 Å². The van der Waals surface area contributed by atoms with E-state index in [-0.39, 0.29) is 23.3 Å². The number of hydrogen-bond donors (Lipinski definition) is 0. The van der Waals surface area contributed by atoms with Gasteiger partial charge >= 0.3 is 0 Å². The van der Waals surface area contributed by atoms with Crippen molar-refractivity contribution in [3.63, 3.8) is 0 Å². The van der Waals surface area contributed by atoms with Crippen molar-refractivity contribution in [1.82, 2.24) is 9.80 Å². The van der Waals surface area contributed by atoms with Crippen LogP contribution < -0.4 is 9.47 Å². The van der Waals surface area contributed by atoms with Crippen molar-refractivity contribution < 1.29 is 23.8 Å². The van der Waals surface area contributed by atoms with Gasteiger partial charge in [0.15, 0.2) is 0 Å². The number of hydrogen-bond acceptors (Lipinski definition) is 5. The second-order valence-electron chi connectivity index (χ2n) is 10.6. The monoisotopic (exact) mass is 506 g/mol. The molecule has 3 heterocycles. The molecule has 3 aliphatic heterocycles. The third-order valence-corrected chi connectivity index (χ3v) is 8.27. The number of rotatable bonds is 2. The van der Waals surface area contributed by atoms with Crippen LogP contribution in [0.15, 0.2) is 48.5 Å². The predicted molar refractivity (Wildman–Crippen MR) is 141 cm³/mol. The normalized spacial score (nSPS) is 22.5. The van der Waals surface area contributed by atoms with Crippen LogP contribution in [-0.4, -0.2) is 74.2 Å². The highest BCUT2D eigenvalue weighted by molar-refractivity contribution is 5.97. The van der Waals surface area contributed by atoms with Gasteiger partial charge in [-0.1, -0.05) is 24.6 Å². The Bertz CT molecular complexity index is 1090. The molecular formula is C30H38N2O5. The molecule has 2 fully saturated rings. The first-order valence-electron chi connectivity index (χ1n) is 13.6. The minimum absolute atomic E-state index is 0.0338. The molecule has 0 saturated carbocycles. The summed E-state index contributed by atoms with van der Waals surface area (Å²) >= 11 is 0. The summed E-state index contributed by atoms with van der Waals surface area (Å²) in [6.45, 7) is 4.00. The topological polar surface area (TPSA) is 68.3 Å². The van der Waals surface area contributed by atoms with Crippen LogP contribution in [0.4, 0.5) is 0 Å². The number of nitrogens with zero attached hydrogens (tertiary/aromatic N) is 2. The summed E-state index contributed by atoms with van der Waals surface area (Å²) in [7, 11) is 1.61. The predicted octanol–water partition coefficient (Wildman–Crippen LogP) is 4.80. The molecule has 0 aromatic heterocycles. The summed E-state index contributed by atoms with van der Waals surface area (Å²) in [6, 6.07) is 15.1. The molecule has 0 radical (unpaired) electrons. The highest BCUT2D eigenvalue weighted by Crippen LogP contribution is 2.39. The van der Waals surface area contributed by atoms with Gasteiger partial charge in [-0.3, -0.25) is 9.59 Å². The van der Waals surface area contributed by atoms with E-state index in [1.165, 1.54) is 0 Å². The number of amides is 2. The van der Waals surface area contributed by atoms with Crippen LogP contribution >= 0.6 is 0 Å². The SMILES string of the molecule is COc1cccc(C(=O)N2CCC3(CCCCOC[C@@H]4CCCN4C(=O)c4ccccc4OC3)CC2)c1. The molecule has 37 heavy (non-hydrogen) atoms. The van der Waals surface area contributed by atoms with Crippen molar-refractivity contribution >= 4 is 11.8 Å². The number of methoxy groups -OCH3 is 1. The van der Waals surface area contributed by atoms with Crippen LogP contribution in [0.2, 0.25) is 0 Å². The largest absolute Gasteiger partial charge is 0.497 e. The minimum Gasteiger partial charge on any atom is -0.497 e. The van der Waals surface area contributed by atoms with Gasteiger partial charge in [0.25, 0.3) is 11.8 Å². The van der Waals surface area contributed by atoms with E-state index < -0.39 is 0 Å². The first-order chi connectivity index (χ1) is 18.1. The molecule has 7 nitrogen and oxygen atoms in total. The Morgan fingerprint density at radius 2 is 1.84 bits per heavy atom. The lowest BCUT2D eigenvalue weighted by atomic mass is 9.75. The van der Waals surface area contributed by atoms with Crippen LogP contribution in [0.5, 0.6) is 11.5 Å². The summed E-state index contributed by atoms with van der Waals surface area (Å²) in [5.74, 6) is 1.42. The fourth-order valence-corrected chi connectivity index (χ4v) is 5.94. The summed E-state index contributed by atoms with van der Waals surface area (Å²) < 4.78 is 17.8. The molecule has 2 saturated heterocycles. The standard InChI is InChI=1S/C30H38N2O5/c1-35-25-10-6-8-23(20-25)28(33)31-17-14-30(15-18-31)13-4-5-19-36-21-24-9-7-16-32(24)29(34)26-11-2-3-12-27(26)37-22-30/h2-3,6,8,10-12,20,24H,4-5,7,9,13-19,21-22H2,1H3/t24-/m0/s1. The second-order valence-corrected chi connectivity index (χ2v) is 10.6. The average Bonchev–Trinajstić information content (AvgIpc) is 3.42. The Morgan fingerprint density at radius 3 is 2.68 bits per heavy atom. The van der Waals surface area contributed by atoms with E-state index in [0.29, 0.717) is 55.5 Å². The number of fused-ring (bicyclic) bond motifs is 2. The molecule has 2 aromatic carbocycles. The van der Waals surface area contributed by atoms with Crippen molar-refractivity contribution in [3.8, 4) is 11.5 Å². The lowest BCUT2D eigenvalue weighted by molar-refractivity contribution is 0.0303. The zero-order valence-electron chi connectivity index (χ0n) is 21.8. The van der Waals surface area contributed by atoms with E-state index in [9.17, 15) is 9.59 Å². The van der Waals surface area contributed by atoms with Gasteiger partial charge in [0.1, 0.15) is 11.5 Å². The van der Waals surface area contributed by atoms with Gasteiger partial charge in [0, 0.05) is 37.2 Å². The van der Waals surface area contributed by atoms with E-state index in [4.69, 9.17) is 14.2 Å². The van der Waals surface area contributed by atoms with Crippen molar-refractivity contribution in [2.45, 2.75) is 51.0 Å². The fourth-order valence-electron chi connectivity index (χ4n) is 5.94. The third-order valence-electron chi connectivity index (χ3n) is 8.27. The molecule has 0 N–H and O–H groups in total. The molecular weight excluding hydrogens is 468 g/mol. The smallest absolute Gasteiger partial charge is 0.257 e.